The van der Waals surface area contributed by atoms with Gasteiger partial charge in [0.25, 0.3) is 0 Å². The highest BCUT2D eigenvalue weighted by Gasteiger charge is 2.07. The molecular formula is C14H13BrN4. The van der Waals surface area contributed by atoms with Gasteiger partial charge in [0, 0.05) is 24.3 Å². The normalized spacial score (nSPS) is 10.9. The number of aromatic nitrogens is 3. The molecule has 0 aliphatic heterocycles. The first-order valence-corrected chi connectivity index (χ1v) is 6.76. The smallest absolute Gasteiger partial charge is 0.180 e. The summed E-state index contributed by atoms with van der Waals surface area (Å²) >= 11 is 3.41. The summed E-state index contributed by atoms with van der Waals surface area (Å²) < 4.78 is 2.70. The Balaban J connectivity index is 2.04. The molecule has 19 heavy (non-hydrogen) atoms. The van der Waals surface area contributed by atoms with Crippen LogP contribution >= 0.6 is 15.9 Å². The molecule has 1 aromatic carbocycles. The summed E-state index contributed by atoms with van der Waals surface area (Å²) in [7, 11) is 0. The van der Waals surface area contributed by atoms with Gasteiger partial charge in [0.1, 0.15) is 4.60 Å². The molecule has 0 atom stereocenters. The van der Waals surface area contributed by atoms with Crippen molar-refractivity contribution in [3.63, 3.8) is 0 Å². The molecule has 0 spiro atoms. The SMILES string of the molecule is Cc1ccc(Nc2nc(Br)cn3ccnc23)cc1C. The average Bonchev–Trinajstić information content (AvgIpc) is 2.82. The van der Waals surface area contributed by atoms with Crippen LogP contribution in [0, 0.1) is 13.8 Å². The van der Waals surface area contributed by atoms with E-state index in [1.807, 2.05) is 22.9 Å². The van der Waals surface area contributed by atoms with Gasteiger partial charge < -0.3 is 9.72 Å². The van der Waals surface area contributed by atoms with E-state index in [2.05, 4.69) is 57.2 Å². The average molecular weight is 317 g/mol. The lowest BCUT2D eigenvalue weighted by Gasteiger charge is -2.09. The first-order valence-electron chi connectivity index (χ1n) is 5.97. The molecule has 0 fully saturated rings. The summed E-state index contributed by atoms with van der Waals surface area (Å²) in [4.78, 5) is 8.76. The lowest BCUT2D eigenvalue weighted by atomic mass is 10.1. The molecule has 2 heterocycles. The van der Waals surface area contributed by atoms with Gasteiger partial charge in [-0.15, -0.1) is 0 Å². The summed E-state index contributed by atoms with van der Waals surface area (Å²) in [6.45, 7) is 4.20. The molecule has 96 valence electrons. The Morgan fingerprint density at radius 1 is 1.21 bits per heavy atom. The molecule has 0 saturated heterocycles. The van der Waals surface area contributed by atoms with Crippen LogP contribution in [0.15, 0.2) is 41.4 Å². The third kappa shape index (κ3) is 2.33. The van der Waals surface area contributed by atoms with Crippen LogP contribution in [0.5, 0.6) is 0 Å². The fourth-order valence-corrected chi connectivity index (χ4v) is 2.34. The van der Waals surface area contributed by atoms with Gasteiger partial charge in [-0.25, -0.2) is 9.97 Å². The van der Waals surface area contributed by atoms with E-state index in [9.17, 15) is 0 Å². The van der Waals surface area contributed by atoms with Crippen molar-refractivity contribution in [3.05, 3.63) is 52.5 Å². The Labute approximate surface area is 119 Å². The van der Waals surface area contributed by atoms with Crippen molar-refractivity contribution >= 4 is 33.1 Å². The molecule has 0 bridgehead atoms. The van der Waals surface area contributed by atoms with Crippen molar-refractivity contribution in [1.82, 2.24) is 14.4 Å². The first kappa shape index (κ1) is 12.2. The van der Waals surface area contributed by atoms with E-state index in [-0.39, 0.29) is 0 Å². The maximum atomic E-state index is 4.44. The van der Waals surface area contributed by atoms with Crippen molar-refractivity contribution in [2.24, 2.45) is 0 Å². The van der Waals surface area contributed by atoms with Gasteiger partial charge in [-0.1, -0.05) is 6.07 Å². The molecule has 0 amide bonds. The molecule has 4 nitrogen and oxygen atoms in total. The van der Waals surface area contributed by atoms with Gasteiger partial charge in [0.2, 0.25) is 0 Å². The Morgan fingerprint density at radius 3 is 2.84 bits per heavy atom. The molecule has 3 aromatic rings. The van der Waals surface area contributed by atoms with Crippen LogP contribution < -0.4 is 5.32 Å². The van der Waals surface area contributed by atoms with E-state index in [1.54, 1.807) is 6.20 Å². The van der Waals surface area contributed by atoms with Gasteiger partial charge in [0.15, 0.2) is 11.5 Å². The fraction of sp³-hybridized carbons (Fsp3) is 0.143. The zero-order valence-corrected chi connectivity index (χ0v) is 12.3. The molecule has 3 rings (SSSR count). The number of hydrogen-bond donors (Lipinski definition) is 1. The molecule has 0 unspecified atom stereocenters. The zero-order chi connectivity index (χ0) is 13.4. The van der Waals surface area contributed by atoms with Crippen molar-refractivity contribution in [3.8, 4) is 0 Å². The third-order valence-corrected chi connectivity index (χ3v) is 3.50. The van der Waals surface area contributed by atoms with E-state index in [0.29, 0.717) is 0 Å². The van der Waals surface area contributed by atoms with Crippen LogP contribution in [0.1, 0.15) is 11.1 Å². The largest absolute Gasteiger partial charge is 0.337 e. The number of fused-ring (bicyclic) bond motifs is 1. The second-order valence-corrected chi connectivity index (χ2v) is 5.31. The molecule has 0 aliphatic carbocycles. The van der Waals surface area contributed by atoms with Gasteiger partial charge in [0.05, 0.1) is 0 Å². The maximum Gasteiger partial charge on any atom is 0.180 e. The van der Waals surface area contributed by atoms with Crippen molar-refractivity contribution in [1.29, 1.82) is 0 Å². The molecule has 2 aromatic heterocycles. The topological polar surface area (TPSA) is 42.2 Å². The van der Waals surface area contributed by atoms with Crippen LogP contribution in [0.4, 0.5) is 11.5 Å². The highest BCUT2D eigenvalue weighted by molar-refractivity contribution is 9.10. The predicted molar refractivity (Wildman–Crippen MR) is 79.9 cm³/mol. The van der Waals surface area contributed by atoms with E-state index >= 15 is 0 Å². The Bertz CT molecular complexity index is 748. The number of halogens is 1. The van der Waals surface area contributed by atoms with E-state index in [4.69, 9.17) is 0 Å². The van der Waals surface area contributed by atoms with Gasteiger partial charge in [-0.05, 0) is 53.0 Å². The number of nitrogens with one attached hydrogen (secondary N) is 1. The number of imidazole rings is 1. The zero-order valence-electron chi connectivity index (χ0n) is 10.7. The Hall–Kier alpha value is -1.88. The quantitative estimate of drug-likeness (QED) is 0.780. The van der Waals surface area contributed by atoms with Gasteiger partial charge >= 0.3 is 0 Å². The van der Waals surface area contributed by atoms with Crippen LogP contribution in [0.2, 0.25) is 0 Å². The monoisotopic (exact) mass is 316 g/mol. The number of rotatable bonds is 2. The number of anilines is 2. The summed E-state index contributed by atoms with van der Waals surface area (Å²) in [5.41, 5.74) is 4.35. The third-order valence-electron chi connectivity index (χ3n) is 3.11. The standard InChI is InChI=1S/C14H13BrN4/c1-9-3-4-11(7-10(9)2)17-13-14-16-5-6-19(14)8-12(15)18-13/h3-8H,1-2H3,(H,17,18). The summed E-state index contributed by atoms with van der Waals surface area (Å²) in [5.74, 6) is 0.739. The number of benzene rings is 1. The highest BCUT2D eigenvalue weighted by Crippen LogP contribution is 2.22. The van der Waals surface area contributed by atoms with Crippen LogP contribution in [0.25, 0.3) is 5.65 Å². The lowest BCUT2D eigenvalue weighted by Crippen LogP contribution is -1.99. The molecule has 5 heteroatoms. The minimum atomic E-state index is 0.739. The minimum absolute atomic E-state index is 0.739. The molecule has 1 N–H and O–H groups in total. The van der Waals surface area contributed by atoms with Crippen LogP contribution in [0.3, 0.4) is 0 Å². The molecule has 0 radical (unpaired) electrons. The number of nitrogens with zero attached hydrogens (tertiary/aromatic N) is 3. The van der Waals surface area contributed by atoms with Crippen molar-refractivity contribution in [2.75, 3.05) is 5.32 Å². The van der Waals surface area contributed by atoms with E-state index < -0.39 is 0 Å². The lowest BCUT2D eigenvalue weighted by molar-refractivity contribution is 1.10. The molecular weight excluding hydrogens is 304 g/mol. The van der Waals surface area contributed by atoms with E-state index in [1.165, 1.54) is 11.1 Å². The van der Waals surface area contributed by atoms with Crippen molar-refractivity contribution < 1.29 is 0 Å². The summed E-state index contributed by atoms with van der Waals surface area (Å²) in [6, 6.07) is 6.25. The first-order chi connectivity index (χ1) is 9.13. The summed E-state index contributed by atoms with van der Waals surface area (Å²) in [5, 5.41) is 3.32. The second kappa shape index (κ2) is 4.66. The van der Waals surface area contributed by atoms with Crippen molar-refractivity contribution in [2.45, 2.75) is 13.8 Å². The molecule has 0 aliphatic rings. The number of hydrogen-bond acceptors (Lipinski definition) is 3. The predicted octanol–water partition coefficient (Wildman–Crippen LogP) is 3.85. The Morgan fingerprint density at radius 2 is 2.05 bits per heavy atom. The second-order valence-electron chi connectivity index (χ2n) is 4.49. The van der Waals surface area contributed by atoms with Gasteiger partial charge in [-0.2, -0.15) is 0 Å². The fourth-order valence-electron chi connectivity index (χ4n) is 1.94. The van der Waals surface area contributed by atoms with E-state index in [0.717, 1.165) is 21.8 Å². The van der Waals surface area contributed by atoms with Crippen LogP contribution in [-0.2, 0) is 0 Å². The maximum absolute atomic E-state index is 4.44. The molecule has 0 saturated carbocycles. The Kier molecular flexibility index (Phi) is 2.98. The minimum Gasteiger partial charge on any atom is -0.337 e. The summed E-state index contributed by atoms with van der Waals surface area (Å²) in [6.07, 6.45) is 5.54. The highest BCUT2D eigenvalue weighted by atomic mass is 79.9. The van der Waals surface area contributed by atoms with Crippen LogP contribution in [-0.4, -0.2) is 14.4 Å². The van der Waals surface area contributed by atoms with Gasteiger partial charge in [-0.3, -0.25) is 0 Å². The number of aryl methyl sites for hydroxylation is 2.